The minimum Gasteiger partial charge on any atom is -0.294 e. The molecule has 0 aliphatic heterocycles. The Kier molecular flexibility index (Phi) is 3.73. The molecule has 64 valence electrons. The number of carbonyl (C=O) groups is 1. The van der Waals surface area contributed by atoms with Gasteiger partial charge in [-0.3, -0.25) is 4.79 Å². The lowest BCUT2D eigenvalue weighted by Gasteiger charge is -2.03. The third-order valence-corrected chi connectivity index (χ3v) is 5.50. The summed E-state index contributed by atoms with van der Waals surface area (Å²) in [5, 5.41) is 0. The van der Waals surface area contributed by atoms with Crippen LogP contribution in [0, 0.1) is 3.57 Å². The monoisotopic (exact) mass is 402 g/mol. The molecule has 1 aromatic carbocycles. The molecule has 1 nitrogen and oxygen atoms in total. The van der Waals surface area contributed by atoms with E-state index >= 15 is 0 Å². The molecule has 0 heterocycles. The zero-order valence-electron chi connectivity index (χ0n) is 6.20. The van der Waals surface area contributed by atoms with E-state index in [-0.39, 0.29) is 5.78 Å². The Morgan fingerprint density at radius 3 is 2.50 bits per heavy atom. The Balaban J connectivity index is 3.36. The van der Waals surface area contributed by atoms with Gasteiger partial charge in [-0.1, -0.05) is 0 Å². The van der Waals surface area contributed by atoms with Crippen molar-refractivity contribution in [1.82, 2.24) is 0 Å². The molecule has 0 saturated carbocycles. The van der Waals surface area contributed by atoms with E-state index in [1.165, 1.54) is 0 Å². The third-order valence-electron chi connectivity index (χ3n) is 1.41. The standard InChI is InChI=1S/C8H5Br2IO/c1-4(12)5-2-3-6(9)8(11)7(5)10/h2-3H,1H3. The normalized spacial score (nSPS) is 10.0. The van der Waals surface area contributed by atoms with Crippen LogP contribution in [0.1, 0.15) is 17.3 Å². The van der Waals surface area contributed by atoms with Crippen LogP contribution in [0.5, 0.6) is 0 Å². The van der Waals surface area contributed by atoms with Crippen LogP contribution in [0.3, 0.4) is 0 Å². The lowest BCUT2D eigenvalue weighted by Crippen LogP contribution is -1.95. The van der Waals surface area contributed by atoms with Crippen molar-refractivity contribution in [2.75, 3.05) is 0 Å². The SMILES string of the molecule is CC(=O)c1ccc(Br)c(I)c1Br. The van der Waals surface area contributed by atoms with Gasteiger partial charge < -0.3 is 0 Å². The van der Waals surface area contributed by atoms with Gasteiger partial charge in [0.1, 0.15) is 0 Å². The van der Waals surface area contributed by atoms with Crippen molar-refractivity contribution in [1.29, 1.82) is 0 Å². The summed E-state index contributed by atoms with van der Waals surface area (Å²) in [6, 6.07) is 3.68. The van der Waals surface area contributed by atoms with Gasteiger partial charge in [-0.2, -0.15) is 0 Å². The average molecular weight is 404 g/mol. The highest BCUT2D eigenvalue weighted by molar-refractivity contribution is 14.1. The minimum absolute atomic E-state index is 0.0762. The van der Waals surface area contributed by atoms with Gasteiger partial charge in [0.15, 0.2) is 5.78 Å². The summed E-state index contributed by atoms with van der Waals surface area (Å²) in [7, 11) is 0. The molecule has 0 amide bonds. The molecule has 0 fully saturated rings. The molecular formula is C8H5Br2IO. The second-order valence-corrected chi connectivity index (χ2v) is 5.01. The van der Waals surface area contributed by atoms with Gasteiger partial charge in [-0.15, -0.1) is 0 Å². The van der Waals surface area contributed by atoms with Gasteiger partial charge in [0.25, 0.3) is 0 Å². The van der Waals surface area contributed by atoms with Gasteiger partial charge in [-0.05, 0) is 73.5 Å². The van der Waals surface area contributed by atoms with Crippen molar-refractivity contribution in [3.8, 4) is 0 Å². The number of hydrogen-bond acceptors (Lipinski definition) is 1. The fourth-order valence-corrected chi connectivity index (χ4v) is 2.49. The van der Waals surface area contributed by atoms with E-state index in [1.807, 2.05) is 6.07 Å². The molecule has 0 atom stereocenters. The summed E-state index contributed by atoms with van der Waals surface area (Å²) >= 11 is 8.94. The highest BCUT2D eigenvalue weighted by Crippen LogP contribution is 2.30. The first-order valence-corrected chi connectivity index (χ1v) is 5.85. The van der Waals surface area contributed by atoms with Crippen molar-refractivity contribution in [3.05, 3.63) is 30.2 Å². The molecule has 0 radical (unpaired) electrons. The molecule has 1 rings (SSSR count). The molecule has 4 heteroatoms. The van der Waals surface area contributed by atoms with E-state index in [2.05, 4.69) is 54.5 Å². The predicted octanol–water partition coefficient (Wildman–Crippen LogP) is 4.02. The second kappa shape index (κ2) is 4.19. The minimum atomic E-state index is 0.0762. The molecule has 0 aliphatic rings. The van der Waals surface area contributed by atoms with Crippen molar-refractivity contribution in [3.63, 3.8) is 0 Å². The van der Waals surface area contributed by atoms with Crippen LogP contribution in [0.15, 0.2) is 21.1 Å². The van der Waals surface area contributed by atoms with E-state index in [1.54, 1.807) is 13.0 Å². The topological polar surface area (TPSA) is 17.1 Å². The lowest BCUT2D eigenvalue weighted by molar-refractivity contribution is 0.101. The molecular weight excluding hydrogens is 399 g/mol. The summed E-state index contributed by atoms with van der Waals surface area (Å²) in [5.74, 6) is 0.0762. The maximum Gasteiger partial charge on any atom is 0.160 e. The largest absolute Gasteiger partial charge is 0.294 e. The van der Waals surface area contributed by atoms with Crippen LogP contribution in [-0.4, -0.2) is 5.78 Å². The predicted molar refractivity (Wildman–Crippen MR) is 64.6 cm³/mol. The van der Waals surface area contributed by atoms with Crippen LogP contribution in [0.2, 0.25) is 0 Å². The van der Waals surface area contributed by atoms with E-state index in [9.17, 15) is 4.79 Å². The van der Waals surface area contributed by atoms with Gasteiger partial charge in [0.05, 0.1) is 0 Å². The molecule has 0 N–H and O–H groups in total. The quantitative estimate of drug-likeness (QED) is 0.393. The number of carbonyl (C=O) groups excluding carboxylic acids is 1. The number of halogens is 3. The maximum atomic E-state index is 11.1. The Labute approximate surface area is 101 Å². The van der Waals surface area contributed by atoms with Crippen molar-refractivity contribution in [2.24, 2.45) is 0 Å². The first-order chi connectivity index (χ1) is 5.54. The Morgan fingerprint density at radius 2 is 2.00 bits per heavy atom. The first kappa shape index (κ1) is 10.7. The van der Waals surface area contributed by atoms with Crippen LogP contribution in [0.4, 0.5) is 0 Å². The number of benzene rings is 1. The van der Waals surface area contributed by atoms with Gasteiger partial charge in [0, 0.05) is 18.1 Å². The molecule has 0 aliphatic carbocycles. The van der Waals surface area contributed by atoms with Gasteiger partial charge >= 0.3 is 0 Å². The Morgan fingerprint density at radius 1 is 1.42 bits per heavy atom. The number of ketones is 1. The fraction of sp³-hybridized carbons (Fsp3) is 0.125. The first-order valence-electron chi connectivity index (χ1n) is 3.18. The van der Waals surface area contributed by atoms with E-state index in [0.29, 0.717) is 0 Å². The molecule has 0 bridgehead atoms. The summed E-state index contributed by atoms with van der Waals surface area (Å²) in [4.78, 5) is 11.1. The molecule has 12 heavy (non-hydrogen) atoms. The highest BCUT2D eigenvalue weighted by atomic mass is 127. The lowest BCUT2D eigenvalue weighted by atomic mass is 10.2. The van der Waals surface area contributed by atoms with E-state index in [4.69, 9.17) is 0 Å². The number of rotatable bonds is 1. The number of Topliss-reactive ketones (excluding diaryl/α,β-unsaturated/α-hetero) is 1. The van der Waals surface area contributed by atoms with E-state index in [0.717, 1.165) is 18.1 Å². The van der Waals surface area contributed by atoms with Crippen molar-refractivity contribution in [2.45, 2.75) is 6.92 Å². The summed E-state index contributed by atoms with van der Waals surface area (Å²) < 4.78 is 2.89. The van der Waals surface area contributed by atoms with Gasteiger partial charge in [-0.25, -0.2) is 0 Å². The smallest absolute Gasteiger partial charge is 0.160 e. The zero-order valence-corrected chi connectivity index (χ0v) is 11.5. The summed E-state index contributed by atoms with van der Waals surface area (Å²) in [6.07, 6.45) is 0. The average Bonchev–Trinajstić information content (AvgIpc) is 2.00. The molecule has 0 saturated heterocycles. The molecule has 0 unspecified atom stereocenters. The Hall–Kier alpha value is 0.580. The van der Waals surface area contributed by atoms with Crippen LogP contribution in [-0.2, 0) is 0 Å². The van der Waals surface area contributed by atoms with Crippen molar-refractivity contribution >= 4 is 60.2 Å². The van der Waals surface area contributed by atoms with Crippen LogP contribution < -0.4 is 0 Å². The van der Waals surface area contributed by atoms with Crippen LogP contribution >= 0.6 is 54.5 Å². The number of hydrogen-bond donors (Lipinski definition) is 0. The highest BCUT2D eigenvalue weighted by Gasteiger charge is 2.09. The summed E-state index contributed by atoms with van der Waals surface area (Å²) in [5.41, 5.74) is 0.725. The molecule has 0 aromatic heterocycles. The molecule has 0 spiro atoms. The zero-order chi connectivity index (χ0) is 9.30. The Bertz CT molecular complexity index is 336. The van der Waals surface area contributed by atoms with Crippen LogP contribution in [0.25, 0.3) is 0 Å². The third kappa shape index (κ3) is 2.09. The summed E-state index contributed by atoms with van der Waals surface area (Å²) in [6.45, 7) is 1.56. The van der Waals surface area contributed by atoms with E-state index < -0.39 is 0 Å². The van der Waals surface area contributed by atoms with Gasteiger partial charge in [0.2, 0.25) is 0 Å². The second-order valence-electron chi connectivity index (χ2n) is 2.28. The van der Waals surface area contributed by atoms with Crippen molar-refractivity contribution < 1.29 is 4.79 Å². The molecule has 1 aromatic rings. The fourth-order valence-electron chi connectivity index (χ4n) is 0.798. The maximum absolute atomic E-state index is 11.1.